The smallest absolute Gasteiger partial charge is 0.244 e. The summed E-state index contributed by atoms with van der Waals surface area (Å²) in [7, 11) is 0. The lowest BCUT2D eigenvalue weighted by Gasteiger charge is -2.34. The molecule has 1 aliphatic heterocycles. The number of aromatic nitrogens is 5. The van der Waals surface area contributed by atoms with Crippen LogP contribution in [0, 0.1) is 12.7 Å². The first-order valence-electron chi connectivity index (χ1n) is 11.1. The predicted octanol–water partition coefficient (Wildman–Crippen LogP) is 3.20. The van der Waals surface area contributed by atoms with Crippen LogP contribution in [-0.2, 0) is 11.3 Å². The van der Waals surface area contributed by atoms with E-state index in [4.69, 9.17) is 0 Å². The van der Waals surface area contributed by atoms with Gasteiger partial charge in [0.25, 0.3) is 0 Å². The van der Waals surface area contributed by atoms with Crippen molar-refractivity contribution in [2.24, 2.45) is 0 Å². The first kappa shape index (κ1) is 21.7. The Morgan fingerprint density at radius 2 is 1.68 bits per heavy atom. The van der Waals surface area contributed by atoms with Gasteiger partial charge in [0.2, 0.25) is 11.9 Å². The number of pyridine rings is 1. The summed E-state index contributed by atoms with van der Waals surface area (Å²) >= 11 is 0. The molecule has 0 atom stereocenters. The number of anilines is 1. The summed E-state index contributed by atoms with van der Waals surface area (Å²) in [5, 5.41) is 4.68. The largest absolute Gasteiger partial charge is 0.338 e. The molecule has 4 aromatic rings. The molecule has 0 N–H and O–H groups in total. The van der Waals surface area contributed by atoms with E-state index < -0.39 is 0 Å². The highest BCUT2D eigenvalue weighted by Gasteiger charge is 2.24. The molecule has 4 heterocycles. The number of carbonyl (C=O) groups excluding carboxylic acids is 1. The van der Waals surface area contributed by atoms with E-state index >= 15 is 0 Å². The summed E-state index contributed by atoms with van der Waals surface area (Å²) < 4.78 is 15.4. The second kappa shape index (κ2) is 9.38. The third kappa shape index (κ3) is 4.50. The van der Waals surface area contributed by atoms with Crippen LogP contribution in [0.25, 0.3) is 22.6 Å². The van der Waals surface area contributed by atoms with Crippen LogP contribution in [0.3, 0.4) is 0 Å². The number of hydrogen-bond acceptors (Lipinski definition) is 6. The lowest BCUT2D eigenvalue weighted by molar-refractivity contribution is -0.132. The van der Waals surface area contributed by atoms with E-state index in [2.05, 4.69) is 25.0 Å². The molecule has 0 aliphatic carbocycles. The first-order chi connectivity index (χ1) is 16.6. The number of nitrogens with zero attached hydrogens (tertiary/aromatic N) is 7. The zero-order chi connectivity index (χ0) is 23.5. The quantitative estimate of drug-likeness (QED) is 0.458. The molecule has 1 aromatic carbocycles. The molecule has 0 bridgehead atoms. The SMILES string of the molecule is Cc1nc(-c2cc(-c3ccccc3)n(CC(=O)N3CCN(c4ncccn4)CC3)n2)ccc1F. The van der Waals surface area contributed by atoms with Crippen molar-refractivity contribution >= 4 is 11.9 Å². The Bertz CT molecular complexity index is 1290. The number of hydrogen-bond donors (Lipinski definition) is 0. The minimum atomic E-state index is -0.360. The van der Waals surface area contributed by atoms with Crippen molar-refractivity contribution in [3.05, 3.63) is 78.5 Å². The van der Waals surface area contributed by atoms with Crippen LogP contribution >= 0.6 is 0 Å². The van der Waals surface area contributed by atoms with Crippen molar-refractivity contribution in [1.29, 1.82) is 0 Å². The van der Waals surface area contributed by atoms with Crippen LogP contribution < -0.4 is 4.90 Å². The summed E-state index contributed by atoms with van der Waals surface area (Å²) in [5.41, 5.74) is 3.23. The number of rotatable bonds is 5. The molecule has 8 nitrogen and oxygen atoms in total. The fourth-order valence-electron chi connectivity index (χ4n) is 4.03. The molecule has 1 fully saturated rings. The maximum atomic E-state index is 13.7. The summed E-state index contributed by atoms with van der Waals surface area (Å²) in [6.07, 6.45) is 3.44. The van der Waals surface area contributed by atoms with Gasteiger partial charge in [0.15, 0.2) is 0 Å². The van der Waals surface area contributed by atoms with Crippen molar-refractivity contribution in [3.63, 3.8) is 0 Å². The molecule has 1 saturated heterocycles. The van der Waals surface area contributed by atoms with E-state index in [0.29, 0.717) is 49.2 Å². The number of halogens is 1. The average molecular weight is 458 g/mol. The van der Waals surface area contributed by atoms with Gasteiger partial charge in [-0.25, -0.2) is 19.3 Å². The van der Waals surface area contributed by atoms with Crippen LogP contribution in [0.4, 0.5) is 10.3 Å². The normalized spacial score (nSPS) is 13.8. The molecule has 5 rings (SSSR count). The zero-order valence-corrected chi connectivity index (χ0v) is 18.8. The number of benzene rings is 1. The van der Waals surface area contributed by atoms with Crippen molar-refractivity contribution in [2.75, 3.05) is 31.1 Å². The third-order valence-electron chi connectivity index (χ3n) is 5.89. The first-order valence-corrected chi connectivity index (χ1v) is 11.1. The Hall–Kier alpha value is -4.14. The Balaban J connectivity index is 1.36. The maximum Gasteiger partial charge on any atom is 0.244 e. The molecule has 0 spiro atoms. The van der Waals surface area contributed by atoms with Crippen LogP contribution in [-0.4, -0.2) is 61.7 Å². The van der Waals surface area contributed by atoms with Gasteiger partial charge in [0, 0.05) is 38.6 Å². The molecule has 9 heteroatoms. The minimum Gasteiger partial charge on any atom is -0.338 e. The van der Waals surface area contributed by atoms with Crippen molar-refractivity contribution < 1.29 is 9.18 Å². The Morgan fingerprint density at radius 3 is 2.38 bits per heavy atom. The third-order valence-corrected chi connectivity index (χ3v) is 5.89. The van der Waals surface area contributed by atoms with Gasteiger partial charge in [-0.05, 0) is 36.8 Å². The predicted molar refractivity (Wildman–Crippen MR) is 126 cm³/mol. The van der Waals surface area contributed by atoms with Gasteiger partial charge in [0.05, 0.1) is 17.1 Å². The topological polar surface area (TPSA) is 80.0 Å². The number of aryl methyl sites for hydroxylation is 1. The molecule has 0 unspecified atom stereocenters. The molecule has 0 radical (unpaired) electrons. The zero-order valence-electron chi connectivity index (χ0n) is 18.8. The second-order valence-corrected chi connectivity index (χ2v) is 8.12. The minimum absolute atomic E-state index is 0.0105. The van der Waals surface area contributed by atoms with Crippen molar-refractivity contribution in [2.45, 2.75) is 13.5 Å². The summed E-state index contributed by atoms with van der Waals surface area (Å²) in [6.45, 7) is 4.24. The van der Waals surface area contributed by atoms with E-state index in [-0.39, 0.29) is 18.3 Å². The molecular formula is C25H24FN7O. The van der Waals surface area contributed by atoms with Gasteiger partial charge < -0.3 is 9.80 Å². The van der Waals surface area contributed by atoms with Crippen LogP contribution in [0.5, 0.6) is 0 Å². The van der Waals surface area contributed by atoms with Gasteiger partial charge in [-0.1, -0.05) is 30.3 Å². The molecular weight excluding hydrogens is 433 g/mol. The van der Waals surface area contributed by atoms with E-state index in [1.807, 2.05) is 41.3 Å². The highest BCUT2D eigenvalue weighted by atomic mass is 19.1. The van der Waals surface area contributed by atoms with Crippen LogP contribution in [0.15, 0.2) is 67.0 Å². The highest BCUT2D eigenvalue weighted by molar-refractivity contribution is 5.78. The molecule has 0 saturated carbocycles. The molecule has 1 amide bonds. The maximum absolute atomic E-state index is 13.7. The van der Waals surface area contributed by atoms with Crippen molar-refractivity contribution in [3.8, 4) is 22.6 Å². The Labute approximate surface area is 196 Å². The standard InChI is InChI=1S/C25H24FN7O/c1-18-20(26)8-9-21(29-18)22-16-23(19-6-3-2-4-7-19)33(30-22)17-24(34)31-12-14-32(15-13-31)25-27-10-5-11-28-25/h2-11,16H,12-15,17H2,1H3. The fourth-order valence-corrected chi connectivity index (χ4v) is 4.03. The monoisotopic (exact) mass is 457 g/mol. The number of amides is 1. The Kier molecular flexibility index (Phi) is 5.99. The van der Waals surface area contributed by atoms with Gasteiger partial charge in [-0.3, -0.25) is 9.48 Å². The van der Waals surface area contributed by atoms with Crippen LogP contribution in [0.2, 0.25) is 0 Å². The van der Waals surface area contributed by atoms with Gasteiger partial charge in [-0.15, -0.1) is 0 Å². The average Bonchev–Trinajstić information content (AvgIpc) is 3.30. The van der Waals surface area contributed by atoms with E-state index in [0.717, 1.165) is 11.3 Å². The molecule has 172 valence electrons. The van der Waals surface area contributed by atoms with E-state index in [9.17, 15) is 9.18 Å². The van der Waals surface area contributed by atoms with Gasteiger partial charge in [-0.2, -0.15) is 5.10 Å². The van der Waals surface area contributed by atoms with Crippen molar-refractivity contribution in [1.82, 2.24) is 29.6 Å². The second-order valence-electron chi connectivity index (χ2n) is 8.12. The highest BCUT2D eigenvalue weighted by Crippen LogP contribution is 2.26. The van der Waals surface area contributed by atoms with Gasteiger partial charge in [0.1, 0.15) is 18.1 Å². The lowest BCUT2D eigenvalue weighted by atomic mass is 10.1. The Morgan fingerprint density at radius 1 is 0.941 bits per heavy atom. The summed E-state index contributed by atoms with van der Waals surface area (Å²) in [5.74, 6) is 0.310. The number of carbonyl (C=O) groups is 1. The summed E-state index contributed by atoms with van der Waals surface area (Å²) in [4.78, 5) is 30.0. The van der Waals surface area contributed by atoms with Crippen LogP contribution in [0.1, 0.15) is 5.69 Å². The fraction of sp³-hybridized carbons (Fsp3) is 0.240. The summed E-state index contributed by atoms with van der Waals surface area (Å²) in [6, 6.07) is 16.5. The van der Waals surface area contributed by atoms with E-state index in [1.165, 1.54) is 6.07 Å². The number of piperazine rings is 1. The van der Waals surface area contributed by atoms with E-state index in [1.54, 1.807) is 36.1 Å². The molecule has 1 aliphatic rings. The molecule has 34 heavy (non-hydrogen) atoms. The molecule has 3 aromatic heterocycles. The lowest BCUT2D eigenvalue weighted by Crippen LogP contribution is -2.50. The van der Waals surface area contributed by atoms with Gasteiger partial charge >= 0.3 is 0 Å².